The van der Waals surface area contributed by atoms with Crippen molar-refractivity contribution in [3.63, 3.8) is 0 Å². The third-order valence-electron chi connectivity index (χ3n) is 4.34. The number of fused-ring (bicyclic) bond motifs is 1. The zero-order valence-electron chi connectivity index (χ0n) is 13.7. The molecule has 0 saturated heterocycles. The average molecular weight is 323 g/mol. The number of nitrogens with one attached hydrogen (secondary N) is 2. The van der Waals surface area contributed by atoms with Gasteiger partial charge in [-0.05, 0) is 43.5 Å². The quantitative estimate of drug-likeness (QED) is 0.889. The first kappa shape index (κ1) is 16.2. The molecule has 1 aliphatic rings. The highest BCUT2D eigenvalue weighted by Crippen LogP contribution is 2.27. The lowest BCUT2D eigenvalue weighted by molar-refractivity contribution is -0.123. The number of pyridine rings is 1. The van der Waals surface area contributed by atoms with Crippen LogP contribution in [0.2, 0.25) is 0 Å². The van der Waals surface area contributed by atoms with Gasteiger partial charge in [-0.25, -0.2) is 0 Å². The van der Waals surface area contributed by atoms with E-state index in [2.05, 4.69) is 15.6 Å². The summed E-state index contributed by atoms with van der Waals surface area (Å²) >= 11 is 0. The normalized spacial score (nSPS) is 17.5. The summed E-state index contributed by atoms with van der Waals surface area (Å²) < 4.78 is 0. The van der Waals surface area contributed by atoms with E-state index in [-0.39, 0.29) is 23.8 Å². The van der Waals surface area contributed by atoms with Crippen molar-refractivity contribution in [1.29, 1.82) is 0 Å². The minimum atomic E-state index is -0.157. The Morgan fingerprint density at radius 3 is 2.88 bits per heavy atom. The van der Waals surface area contributed by atoms with E-state index in [9.17, 15) is 9.59 Å². The van der Waals surface area contributed by atoms with Crippen LogP contribution < -0.4 is 10.6 Å². The molecule has 0 saturated carbocycles. The van der Waals surface area contributed by atoms with Crippen molar-refractivity contribution in [1.82, 2.24) is 10.3 Å². The van der Waals surface area contributed by atoms with Crippen LogP contribution >= 0.6 is 0 Å². The summed E-state index contributed by atoms with van der Waals surface area (Å²) in [6.45, 7) is 1.91. The summed E-state index contributed by atoms with van der Waals surface area (Å²) in [5, 5.41) is 5.86. The molecule has 24 heavy (non-hydrogen) atoms. The standard InChI is InChI=1S/C19H21N3O2/c1-13(16-7-4-5-11-20-16)21-18(23)10-9-15-12-14-6-2-3-8-17(14)22-19(15)24/h2-8,11,13,15H,9-10,12H2,1H3,(H,21,23)(H,22,24)/t13-,15-/m0/s1. The second-order valence-electron chi connectivity index (χ2n) is 6.13. The average Bonchev–Trinajstić information content (AvgIpc) is 2.60. The second kappa shape index (κ2) is 7.25. The Morgan fingerprint density at radius 1 is 1.29 bits per heavy atom. The van der Waals surface area contributed by atoms with E-state index in [4.69, 9.17) is 0 Å². The molecular formula is C19H21N3O2. The molecule has 2 N–H and O–H groups in total. The summed E-state index contributed by atoms with van der Waals surface area (Å²) in [6, 6.07) is 13.3. The summed E-state index contributed by atoms with van der Waals surface area (Å²) in [7, 11) is 0. The van der Waals surface area contributed by atoms with E-state index in [0.717, 1.165) is 16.9 Å². The highest BCUT2D eigenvalue weighted by Gasteiger charge is 2.26. The highest BCUT2D eigenvalue weighted by molar-refractivity contribution is 5.96. The van der Waals surface area contributed by atoms with Gasteiger partial charge in [0.2, 0.25) is 11.8 Å². The number of carbonyl (C=O) groups is 2. The Bertz CT molecular complexity index is 730. The summed E-state index contributed by atoms with van der Waals surface area (Å²) in [4.78, 5) is 28.6. The lowest BCUT2D eigenvalue weighted by atomic mass is 9.89. The zero-order valence-corrected chi connectivity index (χ0v) is 13.7. The smallest absolute Gasteiger partial charge is 0.227 e. The number of carbonyl (C=O) groups excluding carboxylic acids is 2. The molecule has 2 aromatic rings. The molecule has 5 heteroatoms. The molecule has 2 atom stereocenters. The van der Waals surface area contributed by atoms with Gasteiger partial charge in [0.05, 0.1) is 11.7 Å². The lowest BCUT2D eigenvalue weighted by Gasteiger charge is -2.24. The van der Waals surface area contributed by atoms with Crippen molar-refractivity contribution in [2.75, 3.05) is 5.32 Å². The molecule has 0 bridgehead atoms. The van der Waals surface area contributed by atoms with Gasteiger partial charge in [-0.3, -0.25) is 14.6 Å². The number of benzene rings is 1. The molecule has 0 aliphatic carbocycles. The number of rotatable bonds is 5. The second-order valence-corrected chi connectivity index (χ2v) is 6.13. The fourth-order valence-corrected chi connectivity index (χ4v) is 2.97. The van der Waals surface area contributed by atoms with E-state index < -0.39 is 0 Å². The number of hydrogen-bond acceptors (Lipinski definition) is 3. The number of amides is 2. The summed E-state index contributed by atoms with van der Waals surface area (Å²) in [5.74, 6) is -0.213. The first-order valence-corrected chi connectivity index (χ1v) is 8.22. The molecule has 0 radical (unpaired) electrons. The van der Waals surface area contributed by atoms with Crippen LogP contribution in [-0.2, 0) is 16.0 Å². The van der Waals surface area contributed by atoms with Gasteiger partial charge in [-0.2, -0.15) is 0 Å². The monoisotopic (exact) mass is 323 g/mol. The maximum atomic E-state index is 12.2. The molecule has 1 aliphatic heterocycles. The van der Waals surface area contributed by atoms with Gasteiger partial charge in [-0.15, -0.1) is 0 Å². The van der Waals surface area contributed by atoms with Crippen LogP contribution in [0, 0.1) is 5.92 Å². The molecule has 3 rings (SSSR count). The largest absolute Gasteiger partial charge is 0.348 e. The number of anilines is 1. The number of para-hydroxylation sites is 1. The topological polar surface area (TPSA) is 71.1 Å². The van der Waals surface area contributed by atoms with Crippen molar-refractivity contribution in [3.05, 3.63) is 59.9 Å². The highest BCUT2D eigenvalue weighted by atomic mass is 16.2. The maximum Gasteiger partial charge on any atom is 0.227 e. The summed E-state index contributed by atoms with van der Waals surface area (Å²) in [6.07, 6.45) is 3.27. The predicted molar refractivity (Wildman–Crippen MR) is 92.3 cm³/mol. The van der Waals surface area contributed by atoms with E-state index in [1.54, 1.807) is 6.20 Å². The van der Waals surface area contributed by atoms with E-state index in [1.807, 2.05) is 49.4 Å². The number of hydrogen-bond donors (Lipinski definition) is 2. The van der Waals surface area contributed by atoms with E-state index >= 15 is 0 Å². The Kier molecular flexibility index (Phi) is 4.89. The van der Waals surface area contributed by atoms with Crippen molar-refractivity contribution in [3.8, 4) is 0 Å². The van der Waals surface area contributed by atoms with Crippen LogP contribution in [-0.4, -0.2) is 16.8 Å². The summed E-state index contributed by atoms with van der Waals surface area (Å²) in [5.41, 5.74) is 2.84. The van der Waals surface area contributed by atoms with Gasteiger partial charge in [-0.1, -0.05) is 24.3 Å². The molecule has 0 spiro atoms. The first-order valence-electron chi connectivity index (χ1n) is 8.22. The van der Waals surface area contributed by atoms with Crippen LogP contribution in [0.1, 0.15) is 37.1 Å². The molecular weight excluding hydrogens is 302 g/mol. The molecule has 2 amide bonds. The van der Waals surface area contributed by atoms with E-state index in [1.165, 1.54) is 0 Å². The molecule has 1 aromatic heterocycles. The van der Waals surface area contributed by atoms with Crippen LogP contribution in [0.3, 0.4) is 0 Å². The van der Waals surface area contributed by atoms with Gasteiger partial charge < -0.3 is 10.6 Å². The van der Waals surface area contributed by atoms with Gasteiger partial charge >= 0.3 is 0 Å². The zero-order chi connectivity index (χ0) is 16.9. The first-order chi connectivity index (χ1) is 11.6. The Labute approximate surface area is 141 Å². The molecule has 124 valence electrons. The molecule has 0 unspecified atom stereocenters. The van der Waals surface area contributed by atoms with Crippen LogP contribution in [0.4, 0.5) is 5.69 Å². The third kappa shape index (κ3) is 3.79. The Balaban J connectivity index is 1.52. The Hall–Kier alpha value is -2.69. The minimum absolute atomic E-state index is 0.000672. The van der Waals surface area contributed by atoms with Gasteiger partial charge in [0.25, 0.3) is 0 Å². The Morgan fingerprint density at radius 2 is 2.08 bits per heavy atom. The van der Waals surface area contributed by atoms with Crippen LogP contribution in [0.25, 0.3) is 0 Å². The van der Waals surface area contributed by atoms with Crippen molar-refractivity contribution < 1.29 is 9.59 Å². The minimum Gasteiger partial charge on any atom is -0.348 e. The molecule has 2 heterocycles. The molecule has 0 fully saturated rings. The van der Waals surface area contributed by atoms with E-state index in [0.29, 0.717) is 19.3 Å². The number of aromatic nitrogens is 1. The fraction of sp³-hybridized carbons (Fsp3) is 0.316. The molecule has 1 aromatic carbocycles. The maximum absolute atomic E-state index is 12.2. The number of nitrogens with zero attached hydrogens (tertiary/aromatic N) is 1. The van der Waals surface area contributed by atoms with Gasteiger partial charge in [0, 0.05) is 24.2 Å². The third-order valence-corrected chi connectivity index (χ3v) is 4.34. The van der Waals surface area contributed by atoms with Gasteiger partial charge in [0.15, 0.2) is 0 Å². The van der Waals surface area contributed by atoms with Crippen LogP contribution in [0.15, 0.2) is 48.7 Å². The fourth-order valence-electron chi connectivity index (χ4n) is 2.97. The van der Waals surface area contributed by atoms with Crippen molar-refractivity contribution in [2.45, 2.75) is 32.2 Å². The molecule has 5 nitrogen and oxygen atoms in total. The predicted octanol–water partition coefficient (Wildman–Crippen LogP) is 2.85. The van der Waals surface area contributed by atoms with Crippen LogP contribution in [0.5, 0.6) is 0 Å². The SMILES string of the molecule is C[C@H](NC(=O)CC[C@H]1Cc2ccccc2NC1=O)c1ccccn1. The van der Waals surface area contributed by atoms with Crippen molar-refractivity contribution >= 4 is 17.5 Å². The van der Waals surface area contributed by atoms with Gasteiger partial charge in [0.1, 0.15) is 0 Å². The lowest BCUT2D eigenvalue weighted by Crippen LogP contribution is -2.32. The van der Waals surface area contributed by atoms with Crippen molar-refractivity contribution in [2.24, 2.45) is 5.92 Å².